The Morgan fingerprint density at radius 2 is 2.00 bits per heavy atom. The van der Waals surface area contributed by atoms with Crippen molar-refractivity contribution < 1.29 is 19.8 Å². The fourth-order valence-corrected chi connectivity index (χ4v) is 1.83. The molecular weight excluding hydrogens is 210 g/mol. The van der Waals surface area contributed by atoms with Gasteiger partial charge in [-0.05, 0) is 26.2 Å². The number of hydrogen-bond donors (Lipinski definition) is 3. The zero-order valence-corrected chi connectivity index (χ0v) is 9.27. The van der Waals surface area contributed by atoms with Gasteiger partial charge >= 0.3 is 5.97 Å². The van der Waals surface area contributed by atoms with Gasteiger partial charge in [0.1, 0.15) is 0 Å². The molecule has 0 aromatic heterocycles. The highest BCUT2D eigenvalue weighted by molar-refractivity contribution is 5.92. The summed E-state index contributed by atoms with van der Waals surface area (Å²) in [5.41, 5.74) is 0.382. The van der Waals surface area contributed by atoms with Crippen LogP contribution in [0.15, 0.2) is 12.2 Å². The molecular formula is C11H17NO4. The Kier molecular flexibility index (Phi) is 4.06. The van der Waals surface area contributed by atoms with Crippen LogP contribution in [0.1, 0.15) is 26.2 Å². The van der Waals surface area contributed by atoms with Crippen LogP contribution < -0.4 is 5.32 Å². The Labute approximate surface area is 94.2 Å². The molecule has 3 N–H and O–H groups in total. The molecule has 90 valence electrons. The summed E-state index contributed by atoms with van der Waals surface area (Å²) in [6.07, 6.45) is 0.361. The van der Waals surface area contributed by atoms with Crippen molar-refractivity contribution in [3.63, 3.8) is 0 Å². The number of carboxylic acids is 1. The molecule has 5 nitrogen and oxygen atoms in total. The maximum absolute atomic E-state index is 11.3. The van der Waals surface area contributed by atoms with Crippen LogP contribution in [0.3, 0.4) is 0 Å². The number of carbonyl (C=O) groups excluding carboxylic acids is 1. The van der Waals surface area contributed by atoms with E-state index < -0.39 is 18.0 Å². The quantitative estimate of drug-likeness (QED) is 0.605. The van der Waals surface area contributed by atoms with Crippen LogP contribution in [0.25, 0.3) is 0 Å². The van der Waals surface area contributed by atoms with Gasteiger partial charge in [0.2, 0.25) is 5.91 Å². The largest absolute Gasteiger partial charge is 0.481 e. The van der Waals surface area contributed by atoms with Crippen LogP contribution in [0.2, 0.25) is 0 Å². The second kappa shape index (κ2) is 5.12. The van der Waals surface area contributed by atoms with Gasteiger partial charge < -0.3 is 15.5 Å². The van der Waals surface area contributed by atoms with Crippen molar-refractivity contribution in [2.75, 3.05) is 0 Å². The number of hydrogen-bond acceptors (Lipinski definition) is 3. The molecule has 3 unspecified atom stereocenters. The first-order valence-corrected chi connectivity index (χ1v) is 5.29. The van der Waals surface area contributed by atoms with E-state index in [1.165, 1.54) is 0 Å². The first-order chi connectivity index (χ1) is 7.41. The van der Waals surface area contributed by atoms with E-state index in [0.717, 1.165) is 0 Å². The summed E-state index contributed by atoms with van der Waals surface area (Å²) in [5, 5.41) is 21.2. The molecule has 0 spiro atoms. The number of carbonyl (C=O) groups is 2. The average molecular weight is 227 g/mol. The number of aliphatic hydroxyl groups excluding tert-OH is 1. The number of rotatable bonds is 3. The molecule has 0 radical (unpaired) electrons. The molecule has 0 bridgehead atoms. The average Bonchev–Trinajstić information content (AvgIpc) is 2.20. The van der Waals surface area contributed by atoms with E-state index in [1.807, 2.05) is 0 Å². The van der Waals surface area contributed by atoms with Crippen LogP contribution in [0.5, 0.6) is 0 Å². The van der Waals surface area contributed by atoms with Gasteiger partial charge in [0.15, 0.2) is 0 Å². The van der Waals surface area contributed by atoms with Crippen molar-refractivity contribution in [1.82, 2.24) is 5.32 Å². The van der Waals surface area contributed by atoms with Crippen LogP contribution in [-0.4, -0.2) is 34.2 Å². The molecule has 1 rings (SSSR count). The van der Waals surface area contributed by atoms with E-state index in [2.05, 4.69) is 11.9 Å². The highest BCUT2D eigenvalue weighted by atomic mass is 16.4. The third kappa shape index (κ3) is 3.06. The summed E-state index contributed by atoms with van der Waals surface area (Å²) in [6.45, 7) is 5.09. The standard InChI is InChI=1S/C11H17NO4/c1-6(2)10(14)12-8-4-3-7(11(15)16)5-9(8)13/h7-9,13H,1,3-5H2,2H3,(H,12,14)(H,15,16). The van der Waals surface area contributed by atoms with Crippen molar-refractivity contribution in [2.24, 2.45) is 5.92 Å². The molecule has 0 aliphatic heterocycles. The van der Waals surface area contributed by atoms with Crippen LogP contribution in [0.4, 0.5) is 0 Å². The highest BCUT2D eigenvalue weighted by Crippen LogP contribution is 2.25. The lowest BCUT2D eigenvalue weighted by Gasteiger charge is -2.31. The van der Waals surface area contributed by atoms with Crippen molar-refractivity contribution in [3.05, 3.63) is 12.2 Å². The fraction of sp³-hybridized carbons (Fsp3) is 0.636. The summed E-state index contributed by atoms with van der Waals surface area (Å²) < 4.78 is 0. The second-order valence-electron chi connectivity index (χ2n) is 4.28. The summed E-state index contributed by atoms with van der Waals surface area (Å²) in [4.78, 5) is 22.1. The third-order valence-corrected chi connectivity index (χ3v) is 2.87. The lowest BCUT2D eigenvalue weighted by atomic mass is 9.84. The monoisotopic (exact) mass is 227 g/mol. The van der Waals surface area contributed by atoms with E-state index in [-0.39, 0.29) is 18.4 Å². The predicted molar refractivity (Wildman–Crippen MR) is 57.7 cm³/mol. The normalized spacial score (nSPS) is 29.5. The first kappa shape index (κ1) is 12.7. The predicted octanol–water partition coefficient (Wildman–Crippen LogP) is 0.293. The van der Waals surface area contributed by atoms with Crippen LogP contribution in [-0.2, 0) is 9.59 Å². The van der Waals surface area contributed by atoms with Crippen molar-refractivity contribution >= 4 is 11.9 Å². The van der Waals surface area contributed by atoms with E-state index >= 15 is 0 Å². The molecule has 1 amide bonds. The minimum atomic E-state index is -0.885. The lowest BCUT2D eigenvalue weighted by molar-refractivity contribution is -0.144. The molecule has 0 heterocycles. The fourth-order valence-electron chi connectivity index (χ4n) is 1.83. The van der Waals surface area contributed by atoms with Crippen molar-refractivity contribution in [2.45, 2.75) is 38.3 Å². The van der Waals surface area contributed by atoms with E-state index in [0.29, 0.717) is 18.4 Å². The molecule has 0 aromatic rings. The Balaban J connectivity index is 2.51. The second-order valence-corrected chi connectivity index (χ2v) is 4.28. The SMILES string of the molecule is C=C(C)C(=O)NC1CCC(C(=O)O)CC1O. The maximum Gasteiger partial charge on any atom is 0.306 e. The number of carboxylic acid groups (broad SMARTS) is 1. The van der Waals surface area contributed by atoms with E-state index in [9.17, 15) is 14.7 Å². The molecule has 5 heteroatoms. The van der Waals surface area contributed by atoms with Gasteiger partial charge in [-0.15, -0.1) is 0 Å². The van der Waals surface area contributed by atoms with Gasteiger partial charge in [-0.3, -0.25) is 9.59 Å². The van der Waals surface area contributed by atoms with Gasteiger partial charge in [-0.2, -0.15) is 0 Å². The number of nitrogens with one attached hydrogen (secondary N) is 1. The Morgan fingerprint density at radius 3 is 2.44 bits per heavy atom. The zero-order valence-electron chi connectivity index (χ0n) is 9.27. The number of aliphatic carboxylic acids is 1. The highest BCUT2D eigenvalue weighted by Gasteiger charge is 2.33. The van der Waals surface area contributed by atoms with Crippen molar-refractivity contribution in [3.8, 4) is 0 Å². The molecule has 0 saturated heterocycles. The summed E-state index contributed by atoms with van der Waals surface area (Å²) in [7, 11) is 0. The van der Waals surface area contributed by atoms with Gasteiger partial charge in [-0.1, -0.05) is 6.58 Å². The molecule has 1 saturated carbocycles. The van der Waals surface area contributed by atoms with Crippen molar-refractivity contribution in [1.29, 1.82) is 0 Å². The molecule has 3 atom stereocenters. The summed E-state index contributed by atoms with van der Waals surface area (Å²) >= 11 is 0. The Hall–Kier alpha value is -1.36. The number of amides is 1. The molecule has 1 fully saturated rings. The lowest BCUT2D eigenvalue weighted by Crippen LogP contribution is -2.47. The number of aliphatic hydroxyl groups is 1. The molecule has 1 aliphatic rings. The minimum Gasteiger partial charge on any atom is -0.481 e. The minimum absolute atomic E-state index is 0.191. The Bertz CT molecular complexity index is 313. The molecule has 16 heavy (non-hydrogen) atoms. The summed E-state index contributed by atoms with van der Waals surface area (Å²) in [5.74, 6) is -1.69. The topological polar surface area (TPSA) is 86.6 Å². The first-order valence-electron chi connectivity index (χ1n) is 5.29. The van der Waals surface area contributed by atoms with Gasteiger partial charge in [0, 0.05) is 5.57 Å². The smallest absolute Gasteiger partial charge is 0.306 e. The molecule has 1 aliphatic carbocycles. The van der Waals surface area contributed by atoms with Gasteiger partial charge in [0.05, 0.1) is 18.1 Å². The van der Waals surface area contributed by atoms with Crippen LogP contribution >= 0.6 is 0 Å². The maximum atomic E-state index is 11.3. The van der Waals surface area contributed by atoms with E-state index in [4.69, 9.17) is 5.11 Å². The van der Waals surface area contributed by atoms with E-state index in [1.54, 1.807) is 6.92 Å². The summed E-state index contributed by atoms with van der Waals surface area (Å²) in [6, 6.07) is -0.361. The third-order valence-electron chi connectivity index (χ3n) is 2.87. The van der Waals surface area contributed by atoms with Gasteiger partial charge in [-0.25, -0.2) is 0 Å². The Morgan fingerprint density at radius 1 is 1.38 bits per heavy atom. The molecule has 0 aromatic carbocycles. The van der Waals surface area contributed by atoms with Crippen LogP contribution in [0, 0.1) is 5.92 Å². The zero-order chi connectivity index (χ0) is 12.3. The van der Waals surface area contributed by atoms with Gasteiger partial charge in [0.25, 0.3) is 0 Å².